The fourth-order valence-electron chi connectivity index (χ4n) is 1.34. The molecule has 1 unspecified atom stereocenters. The second-order valence-corrected chi connectivity index (χ2v) is 4.53. The molecule has 0 saturated heterocycles. The Morgan fingerprint density at radius 3 is 2.56 bits per heavy atom. The van der Waals surface area contributed by atoms with Crippen LogP contribution in [0.1, 0.15) is 27.7 Å². The van der Waals surface area contributed by atoms with E-state index >= 15 is 0 Å². The van der Waals surface area contributed by atoms with E-state index in [-0.39, 0.29) is 6.10 Å². The van der Waals surface area contributed by atoms with Crippen LogP contribution in [-0.4, -0.2) is 30.4 Å². The van der Waals surface area contributed by atoms with Gasteiger partial charge in [-0.2, -0.15) is 0 Å². The molecule has 1 aliphatic heterocycles. The van der Waals surface area contributed by atoms with Crippen molar-refractivity contribution in [1.29, 1.82) is 0 Å². The third-order valence-corrected chi connectivity index (χ3v) is 2.23. The smallest absolute Gasteiger partial charge is 0.211 e. The van der Waals surface area contributed by atoms with Crippen molar-refractivity contribution < 1.29 is 14.6 Å². The van der Waals surface area contributed by atoms with E-state index in [1.807, 2.05) is 25.1 Å². The van der Waals surface area contributed by atoms with Gasteiger partial charge in [-0.15, -0.1) is 0 Å². The zero-order chi connectivity index (χ0) is 13.5. The number of aliphatic hydroxyl groups is 1. The molecule has 1 aromatic rings. The van der Waals surface area contributed by atoms with Gasteiger partial charge < -0.3 is 19.9 Å². The highest BCUT2D eigenvalue weighted by Crippen LogP contribution is 2.51. The first-order chi connectivity index (χ1) is 8.54. The molecule has 1 heterocycles. The van der Waals surface area contributed by atoms with Crippen LogP contribution in [0.3, 0.4) is 0 Å². The van der Waals surface area contributed by atoms with Crippen molar-refractivity contribution in [2.45, 2.75) is 39.8 Å². The first-order valence-electron chi connectivity index (χ1n) is 6.39. The molecule has 0 spiro atoms. The van der Waals surface area contributed by atoms with Crippen LogP contribution in [0, 0.1) is 0 Å². The molecule has 0 fully saturated rings. The summed E-state index contributed by atoms with van der Waals surface area (Å²) in [7, 11) is 0. The van der Waals surface area contributed by atoms with Gasteiger partial charge in [0.25, 0.3) is 0 Å². The quantitative estimate of drug-likeness (QED) is 0.804. The second kappa shape index (κ2) is 7.24. The van der Waals surface area contributed by atoms with Crippen LogP contribution in [0.15, 0.2) is 18.2 Å². The van der Waals surface area contributed by atoms with Gasteiger partial charge in [0, 0.05) is 12.6 Å². The van der Waals surface area contributed by atoms with Gasteiger partial charge in [-0.25, -0.2) is 0 Å². The Morgan fingerprint density at radius 2 is 2.06 bits per heavy atom. The van der Waals surface area contributed by atoms with Gasteiger partial charge in [0.05, 0.1) is 12.7 Å². The number of ether oxygens (including phenoxy) is 2. The van der Waals surface area contributed by atoms with Crippen molar-refractivity contribution in [1.82, 2.24) is 5.32 Å². The van der Waals surface area contributed by atoms with Crippen molar-refractivity contribution in [3.63, 3.8) is 0 Å². The van der Waals surface area contributed by atoms with Crippen molar-refractivity contribution in [3.8, 4) is 17.2 Å². The summed E-state index contributed by atoms with van der Waals surface area (Å²) in [6, 6.07) is 6.24. The van der Waals surface area contributed by atoms with E-state index in [4.69, 9.17) is 14.6 Å². The third-order valence-electron chi connectivity index (χ3n) is 2.23. The highest BCUT2D eigenvalue weighted by atomic mass is 16.6. The largest absolute Gasteiger partial charge is 0.490 e. The SMILES string of the molecule is CC(O)CNC(C)C.CCOc1cccc2c1O2. The Balaban J connectivity index is 0.000000187. The lowest BCUT2D eigenvalue weighted by Crippen LogP contribution is -2.30. The standard InChI is InChI=1S/C8H8O2.C6H15NO/c1-2-9-6-4-3-5-7-8(6)10-7;1-5(2)7-4-6(3)8/h3-5H,2H2,1H3;5-8H,4H2,1-3H3. The van der Waals surface area contributed by atoms with Crippen LogP contribution < -0.4 is 14.8 Å². The van der Waals surface area contributed by atoms with Gasteiger partial charge in [0.2, 0.25) is 5.75 Å². The molecule has 4 heteroatoms. The van der Waals surface area contributed by atoms with Crippen LogP contribution in [0.25, 0.3) is 0 Å². The monoisotopic (exact) mass is 253 g/mol. The molecule has 18 heavy (non-hydrogen) atoms. The van der Waals surface area contributed by atoms with E-state index in [0.717, 1.165) is 17.2 Å². The first kappa shape index (κ1) is 14.8. The Morgan fingerprint density at radius 1 is 1.33 bits per heavy atom. The number of fused-ring (bicyclic) bond motifs is 1. The predicted molar refractivity (Wildman–Crippen MR) is 72.5 cm³/mol. The van der Waals surface area contributed by atoms with Gasteiger partial charge in [0.1, 0.15) is 0 Å². The Labute approximate surface area is 109 Å². The molecule has 0 bridgehead atoms. The number of nitrogens with one attached hydrogen (secondary N) is 1. The molecule has 2 rings (SSSR count). The fraction of sp³-hybridized carbons (Fsp3) is 0.571. The van der Waals surface area contributed by atoms with Crippen LogP contribution in [0.5, 0.6) is 17.2 Å². The number of rotatable bonds is 5. The summed E-state index contributed by atoms with van der Waals surface area (Å²) in [4.78, 5) is 0. The number of hydrogen-bond acceptors (Lipinski definition) is 4. The zero-order valence-corrected chi connectivity index (χ0v) is 11.6. The predicted octanol–water partition coefficient (Wildman–Crippen LogP) is 2.56. The Kier molecular flexibility index (Phi) is 5.95. The molecular weight excluding hydrogens is 230 g/mol. The number of benzene rings is 1. The zero-order valence-electron chi connectivity index (χ0n) is 11.6. The van der Waals surface area contributed by atoms with Crippen molar-refractivity contribution >= 4 is 0 Å². The highest BCUT2D eigenvalue weighted by molar-refractivity contribution is 5.62. The minimum Gasteiger partial charge on any atom is -0.490 e. The molecule has 0 saturated carbocycles. The van der Waals surface area contributed by atoms with Gasteiger partial charge in [-0.3, -0.25) is 0 Å². The Hall–Kier alpha value is -1.26. The van der Waals surface area contributed by atoms with E-state index < -0.39 is 0 Å². The molecule has 0 radical (unpaired) electrons. The summed E-state index contributed by atoms with van der Waals surface area (Å²) in [5, 5.41) is 11.8. The van der Waals surface area contributed by atoms with Crippen molar-refractivity contribution in [2.24, 2.45) is 0 Å². The maximum absolute atomic E-state index is 8.74. The van der Waals surface area contributed by atoms with Crippen LogP contribution in [-0.2, 0) is 0 Å². The average Bonchev–Trinajstić information content (AvgIpc) is 3.08. The minimum atomic E-state index is -0.225. The van der Waals surface area contributed by atoms with Crippen molar-refractivity contribution in [3.05, 3.63) is 18.2 Å². The lowest BCUT2D eigenvalue weighted by molar-refractivity contribution is 0.188. The summed E-state index contributed by atoms with van der Waals surface area (Å²) in [6.07, 6.45) is -0.225. The topological polar surface area (TPSA) is 54.0 Å². The van der Waals surface area contributed by atoms with E-state index in [2.05, 4.69) is 19.2 Å². The lowest BCUT2D eigenvalue weighted by atomic mass is 10.3. The molecule has 2 N–H and O–H groups in total. The summed E-state index contributed by atoms with van der Waals surface area (Å²) in [5.41, 5.74) is 0. The first-order valence-corrected chi connectivity index (χ1v) is 6.39. The minimum absolute atomic E-state index is 0.225. The lowest BCUT2D eigenvalue weighted by Gasteiger charge is -2.08. The highest BCUT2D eigenvalue weighted by Gasteiger charge is 2.24. The summed E-state index contributed by atoms with van der Waals surface area (Å²) in [5.74, 6) is 2.72. The second-order valence-electron chi connectivity index (χ2n) is 4.53. The van der Waals surface area contributed by atoms with Crippen LogP contribution in [0.2, 0.25) is 0 Å². The Bertz CT molecular complexity index is 356. The third kappa shape index (κ3) is 5.38. The molecule has 0 amide bonds. The summed E-state index contributed by atoms with van der Waals surface area (Å²) >= 11 is 0. The van der Waals surface area contributed by atoms with Gasteiger partial charge >= 0.3 is 0 Å². The van der Waals surface area contributed by atoms with Gasteiger partial charge in [-0.1, -0.05) is 19.9 Å². The maximum Gasteiger partial charge on any atom is 0.211 e. The van der Waals surface area contributed by atoms with Gasteiger partial charge in [0.15, 0.2) is 11.5 Å². The number of aliphatic hydroxyl groups excluding tert-OH is 1. The molecule has 0 aromatic heterocycles. The van der Waals surface area contributed by atoms with E-state index in [0.29, 0.717) is 19.2 Å². The fourth-order valence-corrected chi connectivity index (χ4v) is 1.34. The molecule has 1 aromatic carbocycles. The van der Waals surface area contributed by atoms with E-state index in [1.54, 1.807) is 6.92 Å². The van der Waals surface area contributed by atoms with Gasteiger partial charge in [-0.05, 0) is 26.0 Å². The summed E-state index contributed by atoms with van der Waals surface area (Å²) < 4.78 is 10.4. The van der Waals surface area contributed by atoms with Crippen LogP contribution in [0.4, 0.5) is 0 Å². The molecule has 1 atom stereocenters. The molecule has 102 valence electrons. The van der Waals surface area contributed by atoms with E-state index in [1.165, 1.54) is 0 Å². The molecule has 0 aliphatic carbocycles. The number of para-hydroxylation sites is 1. The molecule has 1 aliphatic rings. The number of hydrogen-bond donors (Lipinski definition) is 2. The summed E-state index contributed by atoms with van der Waals surface area (Å²) in [6.45, 7) is 9.24. The normalized spacial score (nSPS) is 13.0. The van der Waals surface area contributed by atoms with Crippen LogP contribution >= 0.6 is 0 Å². The van der Waals surface area contributed by atoms with Crippen molar-refractivity contribution in [2.75, 3.05) is 13.2 Å². The molecule has 4 nitrogen and oxygen atoms in total. The maximum atomic E-state index is 8.74. The van der Waals surface area contributed by atoms with E-state index in [9.17, 15) is 0 Å². The molecular formula is C14H23NO3. The average molecular weight is 253 g/mol.